The van der Waals surface area contributed by atoms with Gasteiger partial charge in [-0.1, -0.05) is 198 Å². The molecule has 4 aromatic carbocycles. The highest BCUT2D eigenvalue weighted by molar-refractivity contribution is 6.31. The highest BCUT2D eigenvalue weighted by Crippen LogP contribution is 2.44. The van der Waals surface area contributed by atoms with Crippen molar-refractivity contribution in [2.75, 3.05) is 13.1 Å². The molecule has 0 aromatic heterocycles. The Balaban J connectivity index is 1.25. The van der Waals surface area contributed by atoms with Crippen LogP contribution in [-0.2, 0) is 64.7 Å². The molecule has 0 saturated carbocycles. The first-order valence-electron chi connectivity index (χ1n) is 34.1. The molecular formula is C75H108ClN5O13. The van der Waals surface area contributed by atoms with Gasteiger partial charge in [0.2, 0.25) is 17.7 Å². The average molecular weight is 1320 g/mol. The average Bonchev–Trinajstić information content (AvgIpc) is 0.748. The van der Waals surface area contributed by atoms with Crippen molar-refractivity contribution in [2.45, 2.75) is 264 Å². The Morgan fingerprint density at radius 3 is 1.35 bits per heavy atom. The zero-order valence-corrected chi connectivity index (χ0v) is 58.2. The molecule has 94 heavy (non-hydrogen) atoms. The molecule has 3 atom stereocenters. The lowest BCUT2D eigenvalue weighted by Gasteiger charge is -2.37. The molecule has 0 fully saturated rings. The SMILES string of the molecule is CC(C)(C)OC(=O)CCCCCCCCCCCCCCCCC(=O)N[C@@H](CCC(=O)NCCCC[C@H](NC(=O)OC(C)(C)C)C(=O)NCCCC[C@H](NC(=O)OCc1ccccc1)C(=O)OC(c1ccccc1)(c1ccccc1)c1ccccc1Cl)C(=O)OC(C)(C)C. The molecule has 0 saturated heterocycles. The topological polar surface area (TPSA) is 243 Å². The van der Waals surface area contributed by atoms with Crippen LogP contribution in [0.5, 0.6) is 0 Å². The molecule has 0 bridgehead atoms. The van der Waals surface area contributed by atoms with Gasteiger partial charge in [-0.15, -0.1) is 0 Å². The number of amides is 5. The van der Waals surface area contributed by atoms with Crippen LogP contribution in [0.3, 0.4) is 0 Å². The monoisotopic (exact) mass is 1320 g/mol. The molecule has 4 rings (SSSR count). The molecule has 19 heteroatoms. The lowest BCUT2D eigenvalue weighted by atomic mass is 9.80. The van der Waals surface area contributed by atoms with E-state index in [2.05, 4.69) is 26.6 Å². The van der Waals surface area contributed by atoms with Gasteiger partial charge in [0, 0.05) is 54.1 Å². The largest absolute Gasteiger partial charge is 0.460 e. The molecule has 5 N–H and O–H groups in total. The summed E-state index contributed by atoms with van der Waals surface area (Å²) in [5.74, 6) is -2.53. The third-order valence-corrected chi connectivity index (χ3v) is 15.6. The highest BCUT2D eigenvalue weighted by atomic mass is 35.5. The molecule has 0 aliphatic rings. The number of hydrogen-bond donors (Lipinski definition) is 5. The Hall–Kier alpha value is -7.47. The third kappa shape index (κ3) is 32.6. The van der Waals surface area contributed by atoms with Crippen molar-refractivity contribution < 1.29 is 62.0 Å². The molecule has 0 unspecified atom stereocenters. The van der Waals surface area contributed by atoms with E-state index in [9.17, 15) is 38.4 Å². The van der Waals surface area contributed by atoms with E-state index in [0.717, 1.165) is 50.5 Å². The molecule has 0 aliphatic heterocycles. The van der Waals surface area contributed by atoms with Crippen LogP contribution in [0.15, 0.2) is 115 Å². The van der Waals surface area contributed by atoms with Gasteiger partial charge in [0.15, 0.2) is 5.60 Å². The molecule has 5 amide bonds. The van der Waals surface area contributed by atoms with Gasteiger partial charge in [0.1, 0.15) is 41.5 Å². The normalized spacial score (nSPS) is 12.7. The number of alkyl carbamates (subject to hydrolysis) is 2. The maximum absolute atomic E-state index is 14.8. The van der Waals surface area contributed by atoms with E-state index < -0.39 is 70.6 Å². The molecular weight excluding hydrogens is 1210 g/mol. The second-order valence-electron chi connectivity index (χ2n) is 27.1. The zero-order valence-electron chi connectivity index (χ0n) is 57.5. The Morgan fingerprint density at radius 2 is 0.830 bits per heavy atom. The summed E-state index contributed by atoms with van der Waals surface area (Å²) in [6.45, 7) is 16.4. The first-order valence-corrected chi connectivity index (χ1v) is 34.5. The van der Waals surface area contributed by atoms with Gasteiger partial charge in [-0.2, -0.15) is 0 Å². The maximum Gasteiger partial charge on any atom is 0.408 e. The Morgan fingerprint density at radius 1 is 0.394 bits per heavy atom. The number of rotatable bonds is 42. The van der Waals surface area contributed by atoms with Gasteiger partial charge in [0.05, 0.1) is 0 Å². The van der Waals surface area contributed by atoms with Crippen LogP contribution in [-0.4, -0.2) is 95.8 Å². The number of unbranched alkanes of at least 4 members (excludes halogenated alkanes) is 15. The summed E-state index contributed by atoms with van der Waals surface area (Å²) >= 11 is 6.94. The van der Waals surface area contributed by atoms with E-state index in [-0.39, 0.29) is 69.6 Å². The zero-order chi connectivity index (χ0) is 68.8. The minimum absolute atomic E-state index is 0.0414. The number of carbonyl (C=O) groups is 8. The number of nitrogens with one attached hydrogen (secondary N) is 5. The fraction of sp³-hybridized carbons (Fsp3) is 0.573. The second-order valence-corrected chi connectivity index (χ2v) is 27.5. The van der Waals surface area contributed by atoms with Crippen LogP contribution in [0.2, 0.25) is 5.02 Å². The first-order chi connectivity index (χ1) is 44.7. The maximum atomic E-state index is 14.8. The number of hydrogen-bond acceptors (Lipinski definition) is 13. The van der Waals surface area contributed by atoms with Gasteiger partial charge in [-0.3, -0.25) is 19.2 Å². The summed E-state index contributed by atoms with van der Waals surface area (Å²) in [4.78, 5) is 107. The Bertz CT molecular complexity index is 2870. The quantitative estimate of drug-likeness (QED) is 0.0120. The van der Waals surface area contributed by atoms with Crippen LogP contribution in [0.1, 0.15) is 239 Å². The number of ether oxygens (including phenoxy) is 5. The predicted octanol–water partition coefficient (Wildman–Crippen LogP) is 15.1. The van der Waals surface area contributed by atoms with Gasteiger partial charge in [-0.25, -0.2) is 19.2 Å². The highest BCUT2D eigenvalue weighted by Gasteiger charge is 2.44. The van der Waals surface area contributed by atoms with Crippen LogP contribution in [0, 0.1) is 0 Å². The Labute approximate surface area is 564 Å². The summed E-state index contributed by atoms with van der Waals surface area (Å²) in [5, 5.41) is 14.4. The van der Waals surface area contributed by atoms with E-state index in [4.69, 9.17) is 35.3 Å². The fourth-order valence-corrected chi connectivity index (χ4v) is 10.9. The molecule has 4 aromatic rings. The molecule has 518 valence electrons. The van der Waals surface area contributed by atoms with Crippen LogP contribution in [0.4, 0.5) is 9.59 Å². The molecule has 0 heterocycles. The Kier molecular flexibility index (Phi) is 35.3. The van der Waals surface area contributed by atoms with E-state index in [0.29, 0.717) is 60.2 Å². The van der Waals surface area contributed by atoms with Crippen molar-refractivity contribution in [3.8, 4) is 0 Å². The standard InChI is InChI=1S/C75H108ClN5O13/c1-72(2,3)91-66(84)50-32-21-19-17-15-13-11-10-12-14-16-18-20-31-49-65(83)79-63(68(86)92-73(4,5)6)51-52-64(82)77-53-37-35-47-61(80-71(89)94-74(7,8)9)67(85)78-54-38-36-48-62(81-70(88)90-55-56-39-25-22-26-40-56)69(87)93-75(57-41-27-23-28-42-57,58-43-29-24-30-44-58)59-45-33-34-46-60(59)76/h22-30,33-34,39-46,61-63H,10-21,31-32,35-38,47-55H2,1-9H3,(H,77,82)(H,78,85)(H,79,83)(H,80,89)(H,81,88)/t61-,62-,63-/m0/s1. The van der Waals surface area contributed by atoms with Crippen LogP contribution >= 0.6 is 11.6 Å². The van der Waals surface area contributed by atoms with Crippen molar-refractivity contribution in [3.05, 3.63) is 143 Å². The van der Waals surface area contributed by atoms with Gasteiger partial charge < -0.3 is 50.3 Å². The van der Waals surface area contributed by atoms with Gasteiger partial charge in [0.25, 0.3) is 0 Å². The lowest BCUT2D eigenvalue weighted by molar-refractivity contribution is -0.159. The second kappa shape index (κ2) is 42.1. The number of benzene rings is 4. The molecule has 18 nitrogen and oxygen atoms in total. The van der Waals surface area contributed by atoms with E-state index >= 15 is 0 Å². The summed E-state index contributed by atoms with van der Waals surface area (Å²) < 4.78 is 28.8. The minimum Gasteiger partial charge on any atom is -0.460 e. The predicted molar refractivity (Wildman–Crippen MR) is 367 cm³/mol. The number of halogens is 1. The first kappa shape index (κ1) is 79.0. The van der Waals surface area contributed by atoms with Crippen molar-refractivity contribution >= 4 is 59.4 Å². The molecule has 0 aliphatic carbocycles. The van der Waals surface area contributed by atoms with Crippen molar-refractivity contribution in [2.24, 2.45) is 0 Å². The summed E-state index contributed by atoms with van der Waals surface area (Å²) in [6.07, 6.45) is 16.3. The van der Waals surface area contributed by atoms with E-state index in [1.807, 2.05) is 118 Å². The summed E-state index contributed by atoms with van der Waals surface area (Å²) in [6, 6.07) is 31.5. The van der Waals surface area contributed by atoms with Crippen LogP contribution < -0.4 is 26.6 Å². The number of esters is 3. The van der Waals surface area contributed by atoms with Crippen molar-refractivity contribution in [3.63, 3.8) is 0 Å². The van der Waals surface area contributed by atoms with E-state index in [1.54, 1.807) is 59.7 Å². The third-order valence-electron chi connectivity index (χ3n) is 15.3. The lowest BCUT2D eigenvalue weighted by Crippen LogP contribution is -2.48. The van der Waals surface area contributed by atoms with Crippen molar-refractivity contribution in [1.29, 1.82) is 0 Å². The van der Waals surface area contributed by atoms with Crippen molar-refractivity contribution in [1.82, 2.24) is 26.6 Å². The summed E-state index contributed by atoms with van der Waals surface area (Å²) in [7, 11) is 0. The number of carbonyl (C=O) groups excluding carboxylic acids is 8. The summed E-state index contributed by atoms with van der Waals surface area (Å²) in [5.41, 5.74) is -1.12. The fourth-order valence-electron chi connectivity index (χ4n) is 10.7. The van der Waals surface area contributed by atoms with E-state index in [1.165, 1.54) is 38.5 Å². The molecule has 0 radical (unpaired) electrons. The minimum atomic E-state index is -1.55. The molecule has 0 spiro atoms. The van der Waals surface area contributed by atoms with Crippen LogP contribution in [0.25, 0.3) is 0 Å². The van der Waals surface area contributed by atoms with Gasteiger partial charge in [-0.05, 0) is 132 Å². The van der Waals surface area contributed by atoms with Gasteiger partial charge >= 0.3 is 30.1 Å². The smallest absolute Gasteiger partial charge is 0.408 e.